The van der Waals surface area contributed by atoms with Gasteiger partial charge in [-0.15, -0.1) is 24.8 Å². The van der Waals surface area contributed by atoms with Gasteiger partial charge in [0.15, 0.2) is 0 Å². The van der Waals surface area contributed by atoms with Gasteiger partial charge in [0.1, 0.15) is 0 Å². The predicted molar refractivity (Wildman–Crippen MR) is 124 cm³/mol. The van der Waals surface area contributed by atoms with Gasteiger partial charge < -0.3 is 10.2 Å². The molecule has 4 rings (SSSR count). The van der Waals surface area contributed by atoms with E-state index in [0.29, 0.717) is 12.1 Å². The van der Waals surface area contributed by atoms with Gasteiger partial charge in [-0.1, -0.05) is 36.4 Å². The molecule has 1 aromatic heterocycles. The molecular formula is C22H26Cl2N4O. The Hall–Kier alpha value is -2.34. The van der Waals surface area contributed by atoms with Crippen LogP contribution in [0, 0.1) is 0 Å². The number of H-pyrrole nitrogens is 1. The molecule has 7 heteroatoms. The molecule has 2 unspecified atom stereocenters. The maximum atomic E-state index is 12.8. The predicted octanol–water partition coefficient (Wildman–Crippen LogP) is 4.40. The zero-order chi connectivity index (χ0) is 18.8. The van der Waals surface area contributed by atoms with Crippen molar-refractivity contribution in [2.24, 2.45) is 0 Å². The van der Waals surface area contributed by atoms with Crippen LogP contribution in [0.4, 0.5) is 0 Å². The van der Waals surface area contributed by atoms with Crippen molar-refractivity contribution in [1.82, 2.24) is 20.4 Å². The van der Waals surface area contributed by atoms with Crippen LogP contribution in [0.15, 0.2) is 48.5 Å². The number of nitrogens with zero attached hydrogens (tertiary/aromatic N) is 2. The van der Waals surface area contributed by atoms with Crippen molar-refractivity contribution in [3.05, 3.63) is 65.4 Å². The van der Waals surface area contributed by atoms with Gasteiger partial charge in [-0.05, 0) is 43.7 Å². The molecule has 1 aliphatic rings. The number of para-hydroxylation sites is 1. The second-order valence-corrected chi connectivity index (χ2v) is 7.29. The van der Waals surface area contributed by atoms with E-state index >= 15 is 0 Å². The normalized spacial score (nSPS) is 19.0. The summed E-state index contributed by atoms with van der Waals surface area (Å²) >= 11 is 0. The van der Waals surface area contributed by atoms with Gasteiger partial charge in [0, 0.05) is 36.1 Å². The minimum atomic E-state index is 0. The number of aromatic amines is 1. The highest BCUT2D eigenvalue weighted by atomic mass is 35.5. The van der Waals surface area contributed by atoms with Crippen LogP contribution in [0.25, 0.3) is 23.1 Å². The lowest BCUT2D eigenvalue weighted by atomic mass is 10.1. The number of fused-ring (bicyclic) bond motifs is 1. The topological polar surface area (TPSA) is 61.0 Å². The van der Waals surface area contributed by atoms with Crippen molar-refractivity contribution in [2.75, 3.05) is 13.1 Å². The maximum absolute atomic E-state index is 12.8. The van der Waals surface area contributed by atoms with Crippen LogP contribution in [0.5, 0.6) is 0 Å². The zero-order valence-electron chi connectivity index (χ0n) is 16.5. The summed E-state index contributed by atoms with van der Waals surface area (Å²) in [5.41, 5.74) is 3.71. The molecule has 0 spiro atoms. The van der Waals surface area contributed by atoms with Crippen LogP contribution in [-0.4, -0.2) is 46.2 Å². The van der Waals surface area contributed by atoms with E-state index in [1.54, 1.807) is 0 Å². The lowest BCUT2D eigenvalue weighted by Crippen LogP contribution is -2.55. The molecule has 2 N–H and O–H groups in total. The number of rotatable bonds is 3. The highest BCUT2D eigenvalue weighted by Gasteiger charge is 2.25. The fourth-order valence-corrected chi connectivity index (χ4v) is 3.70. The minimum absolute atomic E-state index is 0. The highest BCUT2D eigenvalue weighted by Crippen LogP contribution is 2.18. The van der Waals surface area contributed by atoms with Crippen molar-refractivity contribution < 1.29 is 4.79 Å². The average Bonchev–Trinajstić information content (AvgIpc) is 3.09. The smallest absolute Gasteiger partial charge is 0.253 e. The lowest BCUT2D eigenvalue weighted by Gasteiger charge is -2.36. The summed E-state index contributed by atoms with van der Waals surface area (Å²) in [6.07, 6.45) is 4.02. The first kappa shape index (κ1) is 22.9. The van der Waals surface area contributed by atoms with Crippen LogP contribution in [0.1, 0.15) is 35.5 Å². The molecule has 3 aromatic rings. The van der Waals surface area contributed by atoms with Gasteiger partial charge in [-0.3, -0.25) is 9.89 Å². The molecule has 5 nitrogen and oxygen atoms in total. The highest BCUT2D eigenvalue weighted by molar-refractivity contribution is 5.95. The summed E-state index contributed by atoms with van der Waals surface area (Å²) < 4.78 is 0. The molecular weight excluding hydrogens is 407 g/mol. The Balaban J connectivity index is 0.00000150. The summed E-state index contributed by atoms with van der Waals surface area (Å²) in [7, 11) is 0. The molecule has 0 radical (unpaired) electrons. The van der Waals surface area contributed by atoms with Gasteiger partial charge in [-0.2, -0.15) is 5.10 Å². The summed E-state index contributed by atoms with van der Waals surface area (Å²) in [4.78, 5) is 14.7. The number of nitrogens with one attached hydrogen (secondary N) is 2. The molecule has 0 aliphatic carbocycles. The van der Waals surface area contributed by atoms with Crippen molar-refractivity contribution in [3.8, 4) is 0 Å². The molecule has 0 bridgehead atoms. The van der Waals surface area contributed by atoms with Gasteiger partial charge in [0.05, 0.1) is 11.2 Å². The van der Waals surface area contributed by atoms with Crippen LogP contribution >= 0.6 is 24.8 Å². The van der Waals surface area contributed by atoms with E-state index in [9.17, 15) is 4.79 Å². The number of hydrogen-bond donors (Lipinski definition) is 2. The molecule has 2 atom stereocenters. The second-order valence-electron chi connectivity index (χ2n) is 7.29. The number of amides is 1. The molecule has 1 aliphatic heterocycles. The molecule has 1 saturated heterocycles. The number of carbonyl (C=O) groups is 1. The number of hydrogen-bond acceptors (Lipinski definition) is 3. The number of aromatic nitrogens is 2. The Morgan fingerprint density at radius 2 is 1.66 bits per heavy atom. The van der Waals surface area contributed by atoms with Gasteiger partial charge in [0.2, 0.25) is 0 Å². The zero-order valence-corrected chi connectivity index (χ0v) is 18.1. The third-order valence-electron chi connectivity index (χ3n) is 4.94. The van der Waals surface area contributed by atoms with E-state index in [1.165, 1.54) is 0 Å². The van der Waals surface area contributed by atoms with Crippen molar-refractivity contribution in [3.63, 3.8) is 0 Å². The third kappa shape index (κ3) is 5.18. The monoisotopic (exact) mass is 432 g/mol. The summed E-state index contributed by atoms with van der Waals surface area (Å²) in [6.45, 7) is 5.72. The van der Waals surface area contributed by atoms with Crippen LogP contribution in [-0.2, 0) is 0 Å². The number of piperazine rings is 1. The van der Waals surface area contributed by atoms with Crippen LogP contribution in [0.3, 0.4) is 0 Å². The number of halogens is 2. The van der Waals surface area contributed by atoms with Gasteiger partial charge in [-0.25, -0.2) is 0 Å². The summed E-state index contributed by atoms with van der Waals surface area (Å²) in [5, 5.41) is 11.9. The summed E-state index contributed by atoms with van der Waals surface area (Å²) in [5.74, 6) is 0.101. The molecule has 154 valence electrons. The quantitative estimate of drug-likeness (QED) is 0.644. The van der Waals surface area contributed by atoms with Gasteiger partial charge >= 0.3 is 0 Å². The molecule has 2 aromatic carbocycles. The lowest BCUT2D eigenvalue weighted by molar-refractivity contribution is 0.0674. The minimum Gasteiger partial charge on any atom is -0.336 e. The number of carbonyl (C=O) groups excluding carboxylic acids is 1. The first-order valence-electron chi connectivity index (χ1n) is 9.37. The van der Waals surface area contributed by atoms with Crippen LogP contribution in [0.2, 0.25) is 0 Å². The fourth-order valence-electron chi connectivity index (χ4n) is 3.70. The Morgan fingerprint density at radius 3 is 2.34 bits per heavy atom. The van der Waals surface area contributed by atoms with Crippen molar-refractivity contribution in [1.29, 1.82) is 0 Å². The molecule has 0 saturated carbocycles. The largest absolute Gasteiger partial charge is 0.336 e. The van der Waals surface area contributed by atoms with Crippen molar-refractivity contribution >= 4 is 53.8 Å². The van der Waals surface area contributed by atoms with E-state index in [2.05, 4.69) is 35.4 Å². The van der Waals surface area contributed by atoms with Gasteiger partial charge in [0.25, 0.3) is 5.91 Å². The fraction of sp³-hybridized carbons (Fsp3) is 0.273. The van der Waals surface area contributed by atoms with E-state index < -0.39 is 0 Å². The van der Waals surface area contributed by atoms with Crippen LogP contribution < -0.4 is 5.32 Å². The first-order valence-corrected chi connectivity index (χ1v) is 9.37. The Bertz CT molecular complexity index is 974. The van der Waals surface area contributed by atoms with Crippen molar-refractivity contribution in [2.45, 2.75) is 25.9 Å². The SMILES string of the molecule is CC1CN(C(=O)c2ccc(/C=C/c3n[nH]c4ccccc34)cc2)CC(C)N1.Cl.Cl. The molecule has 1 amide bonds. The average molecular weight is 433 g/mol. The Morgan fingerprint density at radius 1 is 1.00 bits per heavy atom. The van der Waals surface area contributed by atoms with E-state index in [4.69, 9.17) is 0 Å². The van der Waals surface area contributed by atoms with E-state index in [1.807, 2.05) is 59.5 Å². The van der Waals surface area contributed by atoms with E-state index in [-0.39, 0.29) is 30.7 Å². The first-order chi connectivity index (χ1) is 13.1. The Labute approximate surface area is 183 Å². The number of benzene rings is 2. The standard InChI is InChI=1S/C22H24N4O.2ClH/c1-15-13-26(14-16(2)23-15)22(27)18-10-7-17(8-11-18)9-12-21-19-5-3-4-6-20(19)24-25-21;;/h3-12,15-16,23H,13-14H2,1-2H3,(H,24,25);2*1H/b12-9+;;. The summed E-state index contributed by atoms with van der Waals surface area (Å²) in [6, 6.07) is 16.5. The second kappa shape index (κ2) is 9.92. The molecule has 1 fully saturated rings. The Kier molecular flexibility index (Phi) is 7.85. The molecule has 29 heavy (non-hydrogen) atoms. The third-order valence-corrected chi connectivity index (χ3v) is 4.94. The van der Waals surface area contributed by atoms with E-state index in [0.717, 1.165) is 40.8 Å². The molecule has 2 heterocycles. The maximum Gasteiger partial charge on any atom is 0.253 e.